The molecule has 0 saturated heterocycles. The SMILES string of the molecule is CCNC(=O)[C@H]1C[C@H]1C(=O)Nc1cn2cc(-c3c(Cl)c(F)c(NC(C)C)c4[nH]ncc34)ncc2n1. The molecule has 35 heavy (non-hydrogen) atoms. The van der Waals surface area contributed by atoms with Gasteiger partial charge in [0.1, 0.15) is 0 Å². The smallest absolute Gasteiger partial charge is 0.229 e. The van der Waals surface area contributed by atoms with Crippen LogP contribution in [0.1, 0.15) is 27.2 Å². The summed E-state index contributed by atoms with van der Waals surface area (Å²) in [5.74, 6) is -1.30. The fourth-order valence-corrected chi connectivity index (χ4v) is 4.47. The molecule has 182 valence electrons. The van der Waals surface area contributed by atoms with Gasteiger partial charge in [0, 0.05) is 29.7 Å². The number of H-pyrrole nitrogens is 1. The number of anilines is 2. The van der Waals surface area contributed by atoms with Crippen LogP contribution in [0.2, 0.25) is 5.02 Å². The van der Waals surface area contributed by atoms with Crippen molar-refractivity contribution in [2.75, 3.05) is 17.2 Å². The van der Waals surface area contributed by atoms with E-state index in [-0.39, 0.29) is 40.4 Å². The molecule has 10 nitrogen and oxygen atoms in total. The molecule has 0 bridgehead atoms. The average Bonchev–Trinajstić information content (AvgIpc) is 3.31. The predicted octanol–water partition coefficient (Wildman–Crippen LogP) is 3.60. The first kappa shape index (κ1) is 23.0. The largest absolute Gasteiger partial charge is 0.379 e. The van der Waals surface area contributed by atoms with E-state index >= 15 is 4.39 Å². The van der Waals surface area contributed by atoms with Gasteiger partial charge in [0.05, 0.1) is 52.3 Å². The molecule has 4 N–H and O–H groups in total. The van der Waals surface area contributed by atoms with Crippen LogP contribution in [0, 0.1) is 17.7 Å². The van der Waals surface area contributed by atoms with Gasteiger partial charge in [0.2, 0.25) is 11.8 Å². The molecular weight excluding hydrogens is 475 g/mol. The van der Waals surface area contributed by atoms with Gasteiger partial charge in [0.25, 0.3) is 0 Å². The molecule has 1 aromatic carbocycles. The van der Waals surface area contributed by atoms with Crippen molar-refractivity contribution in [3.05, 3.63) is 35.6 Å². The van der Waals surface area contributed by atoms with Gasteiger partial charge in [-0.15, -0.1) is 0 Å². The van der Waals surface area contributed by atoms with Crippen LogP contribution in [0.4, 0.5) is 15.9 Å². The lowest BCUT2D eigenvalue weighted by Gasteiger charge is -2.15. The topological polar surface area (TPSA) is 129 Å². The van der Waals surface area contributed by atoms with Gasteiger partial charge in [0.15, 0.2) is 17.3 Å². The summed E-state index contributed by atoms with van der Waals surface area (Å²) in [5, 5.41) is 16.0. The van der Waals surface area contributed by atoms with Crippen molar-refractivity contribution >= 4 is 51.5 Å². The zero-order valence-corrected chi connectivity index (χ0v) is 20.1. The number of amides is 2. The summed E-state index contributed by atoms with van der Waals surface area (Å²) >= 11 is 6.47. The van der Waals surface area contributed by atoms with Crippen LogP contribution in [-0.4, -0.2) is 49.0 Å². The number of hydrogen-bond acceptors (Lipinski definition) is 6. The molecule has 1 aliphatic carbocycles. The van der Waals surface area contributed by atoms with E-state index in [1.54, 1.807) is 23.0 Å². The molecule has 2 atom stereocenters. The normalized spacial score (nSPS) is 17.2. The highest BCUT2D eigenvalue weighted by atomic mass is 35.5. The van der Waals surface area contributed by atoms with E-state index < -0.39 is 5.82 Å². The quantitative estimate of drug-likeness (QED) is 0.308. The Hall–Kier alpha value is -3.73. The standard InChI is InChI=1S/C23H24ClFN8O2/c1-4-26-22(34)11-5-12(11)23(35)31-15-9-33-8-14(27-7-16(33)30-15)17-13-6-28-32-20(13)21(29-10(2)3)19(25)18(17)24/h6-12,29H,4-5H2,1-3H3,(H,26,34)(H,28,32)(H,31,35)/t11-,12+/m0/s1. The van der Waals surface area contributed by atoms with Gasteiger partial charge < -0.3 is 20.4 Å². The maximum Gasteiger partial charge on any atom is 0.229 e. The first-order valence-corrected chi connectivity index (χ1v) is 11.7. The lowest BCUT2D eigenvalue weighted by atomic mass is 10.1. The number of halogens is 2. The monoisotopic (exact) mass is 498 g/mol. The maximum atomic E-state index is 15.2. The summed E-state index contributed by atoms with van der Waals surface area (Å²) in [7, 11) is 0. The molecule has 1 aliphatic rings. The molecule has 1 fully saturated rings. The van der Waals surface area contributed by atoms with Gasteiger partial charge in [-0.3, -0.25) is 19.7 Å². The Morgan fingerprint density at radius 1 is 1.26 bits per heavy atom. The molecule has 12 heteroatoms. The van der Waals surface area contributed by atoms with Crippen molar-refractivity contribution in [3.63, 3.8) is 0 Å². The van der Waals surface area contributed by atoms with Gasteiger partial charge in [-0.1, -0.05) is 11.6 Å². The molecule has 0 spiro atoms. The third-order valence-corrected chi connectivity index (χ3v) is 6.24. The van der Waals surface area contributed by atoms with Gasteiger partial charge in [-0.2, -0.15) is 5.10 Å². The Kier molecular flexibility index (Phi) is 5.79. The van der Waals surface area contributed by atoms with Crippen LogP contribution in [0.15, 0.2) is 24.8 Å². The summed E-state index contributed by atoms with van der Waals surface area (Å²) in [6, 6.07) is -0.0149. The predicted molar refractivity (Wildman–Crippen MR) is 131 cm³/mol. The van der Waals surface area contributed by atoms with Crippen LogP contribution in [0.5, 0.6) is 0 Å². The van der Waals surface area contributed by atoms with Crippen molar-refractivity contribution in [3.8, 4) is 11.3 Å². The highest BCUT2D eigenvalue weighted by Crippen LogP contribution is 2.41. The highest BCUT2D eigenvalue weighted by molar-refractivity contribution is 6.35. The first-order chi connectivity index (χ1) is 16.8. The molecule has 3 heterocycles. The molecule has 5 rings (SSSR count). The van der Waals surface area contributed by atoms with Crippen LogP contribution in [-0.2, 0) is 9.59 Å². The van der Waals surface area contributed by atoms with Crippen molar-refractivity contribution in [1.29, 1.82) is 0 Å². The van der Waals surface area contributed by atoms with E-state index in [2.05, 4.69) is 36.1 Å². The number of rotatable bonds is 7. The number of nitrogens with zero attached hydrogens (tertiary/aromatic N) is 4. The fourth-order valence-electron chi connectivity index (χ4n) is 4.18. The van der Waals surface area contributed by atoms with Gasteiger partial charge >= 0.3 is 0 Å². The van der Waals surface area contributed by atoms with Crippen LogP contribution >= 0.6 is 11.6 Å². The molecule has 4 aromatic rings. The number of carbonyl (C=O) groups is 2. The number of carbonyl (C=O) groups excluding carboxylic acids is 2. The third kappa shape index (κ3) is 4.16. The van der Waals surface area contributed by atoms with Crippen LogP contribution in [0.25, 0.3) is 27.8 Å². The molecule has 2 amide bonds. The molecule has 0 radical (unpaired) electrons. The zero-order valence-electron chi connectivity index (χ0n) is 19.3. The van der Waals surface area contributed by atoms with Crippen LogP contribution in [0.3, 0.4) is 0 Å². The molecule has 0 aliphatic heterocycles. The minimum Gasteiger partial charge on any atom is -0.379 e. The molecule has 1 saturated carbocycles. The third-order valence-electron chi connectivity index (χ3n) is 5.89. The lowest BCUT2D eigenvalue weighted by Crippen LogP contribution is -2.27. The summed E-state index contributed by atoms with van der Waals surface area (Å²) in [6.45, 7) is 6.17. The van der Waals surface area contributed by atoms with Crippen molar-refractivity contribution < 1.29 is 14.0 Å². The van der Waals surface area contributed by atoms with E-state index in [1.165, 1.54) is 6.20 Å². The maximum absolute atomic E-state index is 15.2. The van der Waals surface area contributed by atoms with Crippen molar-refractivity contribution in [2.45, 2.75) is 33.2 Å². The Balaban J connectivity index is 1.45. The van der Waals surface area contributed by atoms with Crippen LogP contribution < -0.4 is 16.0 Å². The minimum atomic E-state index is -0.598. The first-order valence-electron chi connectivity index (χ1n) is 11.3. The molecule has 0 unspecified atom stereocenters. The second-order valence-corrected chi connectivity index (χ2v) is 9.21. The van der Waals surface area contributed by atoms with E-state index in [0.29, 0.717) is 46.6 Å². The van der Waals surface area contributed by atoms with Crippen molar-refractivity contribution in [2.24, 2.45) is 11.8 Å². The number of hydrogen-bond donors (Lipinski definition) is 4. The van der Waals surface area contributed by atoms with Crippen molar-refractivity contribution in [1.82, 2.24) is 29.9 Å². The average molecular weight is 499 g/mol. The summed E-state index contributed by atoms with van der Waals surface area (Å²) in [5.41, 5.74) is 2.03. The summed E-state index contributed by atoms with van der Waals surface area (Å²) < 4.78 is 16.9. The number of fused-ring (bicyclic) bond motifs is 2. The van der Waals surface area contributed by atoms with E-state index in [0.717, 1.165) is 0 Å². The Morgan fingerprint density at radius 3 is 2.77 bits per heavy atom. The Labute approximate surface area is 204 Å². The molecule has 3 aromatic heterocycles. The second kappa shape index (κ2) is 8.81. The summed E-state index contributed by atoms with van der Waals surface area (Å²) in [4.78, 5) is 33.3. The van der Waals surface area contributed by atoms with Gasteiger partial charge in [-0.25, -0.2) is 9.37 Å². The number of aromatic amines is 1. The van der Waals surface area contributed by atoms with E-state index in [9.17, 15) is 9.59 Å². The fraction of sp³-hybridized carbons (Fsp3) is 0.348. The van der Waals surface area contributed by atoms with E-state index in [1.807, 2.05) is 20.8 Å². The summed E-state index contributed by atoms with van der Waals surface area (Å²) in [6.07, 6.45) is 6.90. The minimum absolute atomic E-state index is 0.0149. The number of aromatic nitrogens is 5. The Bertz CT molecular complexity index is 1460. The second-order valence-electron chi connectivity index (χ2n) is 8.83. The zero-order chi connectivity index (χ0) is 24.9. The number of imidazole rings is 1. The highest BCUT2D eigenvalue weighted by Gasteiger charge is 2.48. The lowest BCUT2D eigenvalue weighted by molar-refractivity contribution is -0.125. The number of benzene rings is 1. The Morgan fingerprint density at radius 2 is 2.03 bits per heavy atom. The molecular formula is C23H24ClFN8O2. The van der Waals surface area contributed by atoms with Gasteiger partial charge in [-0.05, 0) is 27.2 Å². The number of nitrogens with one attached hydrogen (secondary N) is 4. The van der Waals surface area contributed by atoms with E-state index in [4.69, 9.17) is 11.6 Å².